The van der Waals surface area contributed by atoms with Gasteiger partial charge in [0.05, 0.1) is 12.1 Å². The molecule has 1 aliphatic carbocycles. The molecule has 2 amide bonds. The van der Waals surface area contributed by atoms with Gasteiger partial charge in [-0.05, 0) is 44.0 Å². The van der Waals surface area contributed by atoms with Gasteiger partial charge in [-0.1, -0.05) is 36.2 Å². The smallest absolute Gasteiger partial charge is 0.257 e. The van der Waals surface area contributed by atoms with Crippen LogP contribution in [0.15, 0.2) is 48.5 Å². The van der Waals surface area contributed by atoms with Crippen molar-refractivity contribution < 1.29 is 14.3 Å². The van der Waals surface area contributed by atoms with Gasteiger partial charge in [-0.25, -0.2) is 0 Å². The van der Waals surface area contributed by atoms with Gasteiger partial charge in [-0.15, -0.1) is 0 Å². The monoisotopic (exact) mass is 476 g/mol. The zero-order valence-corrected chi connectivity index (χ0v) is 20.7. The first-order chi connectivity index (χ1) is 17.1. The minimum Gasteiger partial charge on any atom is -0.457 e. The predicted octanol–water partition coefficient (Wildman–Crippen LogP) is 3.24. The molecule has 2 aromatic carbocycles. The summed E-state index contributed by atoms with van der Waals surface area (Å²) < 4.78 is 6.04. The molecule has 186 valence electrons. The first kappa shape index (κ1) is 23.8. The molecule has 0 spiro atoms. The van der Waals surface area contributed by atoms with E-state index >= 15 is 0 Å². The molecule has 0 radical (unpaired) electrons. The molecule has 7 nitrogen and oxygen atoms in total. The molecule has 0 bridgehead atoms. The Morgan fingerprint density at radius 3 is 2.14 bits per heavy atom. The van der Waals surface area contributed by atoms with Crippen molar-refractivity contribution in [3.05, 3.63) is 59.7 Å². The lowest BCUT2D eigenvalue weighted by molar-refractivity contribution is -0.135. The molecular formula is C28H36N4O3. The third-order valence-electron chi connectivity index (χ3n) is 7.64. The van der Waals surface area contributed by atoms with Crippen LogP contribution in [-0.4, -0.2) is 96.4 Å². The van der Waals surface area contributed by atoms with E-state index in [0.717, 1.165) is 37.8 Å². The number of benzene rings is 2. The van der Waals surface area contributed by atoms with E-state index < -0.39 is 0 Å². The van der Waals surface area contributed by atoms with Crippen LogP contribution in [0.4, 0.5) is 0 Å². The number of nitrogens with zero attached hydrogens (tertiary/aromatic N) is 4. The summed E-state index contributed by atoms with van der Waals surface area (Å²) in [5.41, 5.74) is 1.73. The SMILES string of the molecule is Cc1ccc(Oc2ccccc2C(=O)N2CCN(CC(=O)N3CCN(C4CCC4)CC3)CC2)cc1. The number of hydrogen-bond acceptors (Lipinski definition) is 5. The summed E-state index contributed by atoms with van der Waals surface area (Å²) in [6.45, 7) is 8.80. The molecule has 2 aliphatic heterocycles. The van der Waals surface area contributed by atoms with Crippen molar-refractivity contribution in [2.45, 2.75) is 32.2 Å². The summed E-state index contributed by atoms with van der Waals surface area (Å²) in [6.07, 6.45) is 3.99. The Bertz CT molecular complexity index is 1020. The molecule has 3 fully saturated rings. The number of piperazine rings is 2. The number of ether oxygens (including phenoxy) is 1. The van der Waals surface area contributed by atoms with Gasteiger partial charge in [0.2, 0.25) is 5.91 Å². The third kappa shape index (κ3) is 5.68. The molecule has 35 heavy (non-hydrogen) atoms. The van der Waals surface area contributed by atoms with Gasteiger partial charge >= 0.3 is 0 Å². The standard InChI is InChI=1S/C28H36N4O3/c1-22-9-11-24(12-10-22)35-26-8-3-2-7-25(26)28(34)32-15-13-29(14-16-32)21-27(33)31-19-17-30(18-20-31)23-5-4-6-23/h2-3,7-12,23H,4-6,13-21H2,1H3. The molecule has 3 aliphatic rings. The Balaban J connectivity index is 1.11. The molecule has 0 N–H and O–H groups in total. The van der Waals surface area contributed by atoms with E-state index in [-0.39, 0.29) is 11.8 Å². The fourth-order valence-electron chi connectivity index (χ4n) is 5.12. The third-order valence-corrected chi connectivity index (χ3v) is 7.64. The topological polar surface area (TPSA) is 56.3 Å². The van der Waals surface area contributed by atoms with Gasteiger partial charge in [0.25, 0.3) is 5.91 Å². The van der Waals surface area contributed by atoms with Crippen LogP contribution in [0.1, 0.15) is 35.2 Å². The highest BCUT2D eigenvalue weighted by atomic mass is 16.5. The van der Waals surface area contributed by atoms with Crippen LogP contribution in [0.2, 0.25) is 0 Å². The Labute approximate surface area is 208 Å². The second-order valence-electron chi connectivity index (χ2n) is 9.98. The molecule has 0 atom stereocenters. The van der Waals surface area contributed by atoms with Gasteiger partial charge in [0.15, 0.2) is 0 Å². The molecule has 7 heteroatoms. The van der Waals surface area contributed by atoms with Gasteiger partial charge in [0.1, 0.15) is 11.5 Å². The lowest BCUT2D eigenvalue weighted by Crippen LogP contribution is -2.56. The highest BCUT2D eigenvalue weighted by Gasteiger charge is 2.31. The largest absolute Gasteiger partial charge is 0.457 e. The molecule has 0 unspecified atom stereocenters. The van der Waals surface area contributed by atoms with Gasteiger partial charge in [0, 0.05) is 58.4 Å². The molecule has 0 aromatic heterocycles. The number of hydrogen-bond donors (Lipinski definition) is 0. The Morgan fingerprint density at radius 2 is 1.49 bits per heavy atom. The predicted molar refractivity (Wildman–Crippen MR) is 136 cm³/mol. The second kappa shape index (κ2) is 10.8. The molecular weight excluding hydrogens is 440 g/mol. The molecule has 2 saturated heterocycles. The Kier molecular flexibility index (Phi) is 7.35. The van der Waals surface area contributed by atoms with E-state index in [2.05, 4.69) is 9.80 Å². The molecule has 2 aromatic rings. The van der Waals surface area contributed by atoms with Crippen molar-refractivity contribution in [1.29, 1.82) is 0 Å². The van der Waals surface area contributed by atoms with Gasteiger partial charge in [-0.3, -0.25) is 19.4 Å². The number of carbonyl (C=O) groups excluding carboxylic acids is 2. The van der Waals surface area contributed by atoms with Crippen LogP contribution in [0.5, 0.6) is 11.5 Å². The number of para-hydroxylation sites is 1. The number of rotatable bonds is 6. The summed E-state index contributed by atoms with van der Waals surface area (Å²) in [5, 5.41) is 0. The van der Waals surface area contributed by atoms with Crippen molar-refractivity contribution in [3.8, 4) is 11.5 Å². The van der Waals surface area contributed by atoms with Crippen LogP contribution in [-0.2, 0) is 4.79 Å². The summed E-state index contributed by atoms with van der Waals surface area (Å²) >= 11 is 0. The average Bonchev–Trinajstić information content (AvgIpc) is 2.85. The van der Waals surface area contributed by atoms with E-state index in [1.807, 2.05) is 65.3 Å². The lowest BCUT2D eigenvalue weighted by Gasteiger charge is -2.43. The maximum atomic E-state index is 13.3. The molecule has 1 saturated carbocycles. The van der Waals surface area contributed by atoms with E-state index in [9.17, 15) is 9.59 Å². The summed E-state index contributed by atoms with van der Waals surface area (Å²) in [7, 11) is 0. The van der Waals surface area contributed by atoms with Gasteiger partial charge < -0.3 is 14.5 Å². The van der Waals surface area contributed by atoms with Crippen LogP contribution >= 0.6 is 0 Å². The van der Waals surface area contributed by atoms with Crippen LogP contribution in [0.25, 0.3) is 0 Å². The second-order valence-corrected chi connectivity index (χ2v) is 9.98. The fraction of sp³-hybridized carbons (Fsp3) is 0.500. The van der Waals surface area contributed by atoms with E-state index in [4.69, 9.17) is 4.74 Å². The minimum atomic E-state index is -0.0224. The summed E-state index contributed by atoms with van der Waals surface area (Å²) in [5.74, 6) is 1.48. The summed E-state index contributed by atoms with van der Waals surface area (Å²) in [6, 6.07) is 16.0. The highest BCUT2D eigenvalue weighted by Crippen LogP contribution is 2.27. The normalized spacial score (nSPS) is 19.9. The maximum absolute atomic E-state index is 13.3. The lowest BCUT2D eigenvalue weighted by atomic mass is 9.91. The van der Waals surface area contributed by atoms with Crippen molar-refractivity contribution in [2.24, 2.45) is 0 Å². The Hall–Kier alpha value is -2.90. The van der Waals surface area contributed by atoms with Crippen molar-refractivity contribution in [3.63, 3.8) is 0 Å². The fourth-order valence-corrected chi connectivity index (χ4v) is 5.12. The highest BCUT2D eigenvalue weighted by molar-refractivity contribution is 5.97. The van der Waals surface area contributed by atoms with Crippen molar-refractivity contribution in [2.75, 3.05) is 58.9 Å². The van der Waals surface area contributed by atoms with E-state index in [1.165, 1.54) is 19.3 Å². The molecule has 2 heterocycles. The zero-order chi connectivity index (χ0) is 24.2. The van der Waals surface area contributed by atoms with Crippen LogP contribution in [0, 0.1) is 6.92 Å². The van der Waals surface area contributed by atoms with E-state index in [1.54, 1.807) is 0 Å². The summed E-state index contributed by atoms with van der Waals surface area (Å²) in [4.78, 5) is 34.8. The maximum Gasteiger partial charge on any atom is 0.257 e. The number of amides is 2. The first-order valence-corrected chi connectivity index (χ1v) is 12.9. The van der Waals surface area contributed by atoms with Crippen molar-refractivity contribution in [1.82, 2.24) is 19.6 Å². The molecule has 5 rings (SSSR count). The van der Waals surface area contributed by atoms with Crippen LogP contribution in [0.3, 0.4) is 0 Å². The van der Waals surface area contributed by atoms with E-state index in [0.29, 0.717) is 49.8 Å². The zero-order valence-electron chi connectivity index (χ0n) is 20.7. The number of carbonyl (C=O) groups is 2. The quantitative estimate of drug-likeness (QED) is 0.641. The van der Waals surface area contributed by atoms with Gasteiger partial charge in [-0.2, -0.15) is 0 Å². The van der Waals surface area contributed by atoms with Crippen LogP contribution < -0.4 is 4.74 Å². The Morgan fingerprint density at radius 1 is 0.829 bits per heavy atom. The minimum absolute atomic E-state index is 0.0224. The number of aryl methyl sites for hydroxylation is 1. The average molecular weight is 477 g/mol. The van der Waals surface area contributed by atoms with Crippen molar-refractivity contribution >= 4 is 11.8 Å². The first-order valence-electron chi connectivity index (χ1n) is 12.9.